The van der Waals surface area contributed by atoms with Crippen LogP contribution in [0.4, 0.5) is 13.2 Å². The van der Waals surface area contributed by atoms with Gasteiger partial charge in [0.25, 0.3) is 0 Å². The van der Waals surface area contributed by atoms with Gasteiger partial charge in [-0.25, -0.2) is 13.6 Å². The Morgan fingerprint density at radius 1 is 1.13 bits per heavy atom. The molecule has 1 unspecified atom stereocenters. The molecule has 2 aromatic rings. The quantitative estimate of drug-likeness (QED) is 0.566. The summed E-state index contributed by atoms with van der Waals surface area (Å²) in [6.07, 6.45) is 0. The van der Waals surface area contributed by atoms with Gasteiger partial charge in [-0.15, -0.1) is 0 Å². The van der Waals surface area contributed by atoms with Crippen molar-refractivity contribution < 1.29 is 32.2 Å². The van der Waals surface area contributed by atoms with E-state index >= 15 is 0 Å². The largest absolute Gasteiger partial charge is 0.423 e. The van der Waals surface area contributed by atoms with Gasteiger partial charge < -0.3 is 14.2 Å². The molecule has 120 valence electrons. The lowest BCUT2D eigenvalue weighted by Crippen LogP contribution is -2.27. The molecule has 0 aromatic heterocycles. The van der Waals surface area contributed by atoms with Crippen molar-refractivity contribution in [3.8, 4) is 17.2 Å². The average Bonchev–Trinajstić information content (AvgIpc) is 2.70. The summed E-state index contributed by atoms with van der Waals surface area (Å²) in [6.45, 7) is 1.06. The summed E-state index contributed by atoms with van der Waals surface area (Å²) in [4.78, 5) is 11.9. The number of benzene rings is 2. The molecular formula is C15H8BrF3O4. The van der Waals surface area contributed by atoms with Crippen LogP contribution in [0.2, 0.25) is 0 Å². The highest BCUT2D eigenvalue weighted by Crippen LogP contribution is 2.42. The molecule has 0 bridgehead atoms. The Bertz CT molecular complexity index is 784. The van der Waals surface area contributed by atoms with Crippen molar-refractivity contribution >= 4 is 21.9 Å². The van der Waals surface area contributed by atoms with Gasteiger partial charge in [-0.2, -0.15) is 4.39 Å². The first-order valence-corrected chi connectivity index (χ1v) is 7.12. The Morgan fingerprint density at radius 2 is 1.74 bits per heavy atom. The van der Waals surface area contributed by atoms with Crippen molar-refractivity contribution in [2.24, 2.45) is 0 Å². The van der Waals surface area contributed by atoms with Crippen molar-refractivity contribution in [1.82, 2.24) is 0 Å². The van der Waals surface area contributed by atoms with Crippen LogP contribution < -0.4 is 14.2 Å². The normalized spacial score (nSPS) is 18.8. The number of carbonyl (C=O) groups is 1. The SMILES string of the molecule is CC1(F)Oc2ccc(OC(=O)c3c(F)cc(Br)cc3F)cc2O1. The standard InChI is InChI=1S/C15H8BrF3O4/c1-15(19)22-11-3-2-8(6-12(11)23-15)21-14(20)13-9(17)4-7(16)5-10(13)18/h2-6H,1H3. The van der Waals surface area contributed by atoms with E-state index in [-0.39, 0.29) is 21.7 Å². The molecule has 23 heavy (non-hydrogen) atoms. The number of rotatable bonds is 2. The minimum Gasteiger partial charge on any atom is -0.423 e. The molecule has 0 N–H and O–H groups in total. The lowest BCUT2D eigenvalue weighted by atomic mass is 10.2. The topological polar surface area (TPSA) is 44.8 Å². The number of esters is 1. The monoisotopic (exact) mass is 388 g/mol. The molecule has 0 aliphatic carbocycles. The molecule has 4 nitrogen and oxygen atoms in total. The van der Waals surface area contributed by atoms with Crippen LogP contribution in [-0.2, 0) is 0 Å². The fraction of sp³-hybridized carbons (Fsp3) is 0.133. The Hall–Kier alpha value is -2.22. The van der Waals surface area contributed by atoms with E-state index in [2.05, 4.69) is 15.9 Å². The van der Waals surface area contributed by atoms with Gasteiger partial charge in [-0.3, -0.25) is 0 Å². The minimum absolute atomic E-state index is 0.0112. The number of alkyl halides is 1. The van der Waals surface area contributed by atoms with E-state index in [1.807, 2.05) is 0 Å². The molecule has 1 heterocycles. The smallest absolute Gasteiger partial charge is 0.404 e. The Morgan fingerprint density at radius 3 is 2.39 bits per heavy atom. The Kier molecular flexibility index (Phi) is 3.71. The summed E-state index contributed by atoms with van der Waals surface area (Å²) in [5.74, 6) is -3.31. The first kappa shape index (κ1) is 15.7. The third kappa shape index (κ3) is 3.12. The van der Waals surface area contributed by atoms with E-state index in [1.54, 1.807) is 0 Å². The number of hydrogen-bond donors (Lipinski definition) is 0. The van der Waals surface area contributed by atoms with Gasteiger partial charge in [0, 0.05) is 17.5 Å². The van der Waals surface area contributed by atoms with E-state index in [0.29, 0.717) is 0 Å². The van der Waals surface area contributed by atoms with Crippen LogP contribution in [-0.4, -0.2) is 12.0 Å². The van der Waals surface area contributed by atoms with E-state index < -0.39 is 29.2 Å². The van der Waals surface area contributed by atoms with Crippen molar-refractivity contribution in [1.29, 1.82) is 0 Å². The predicted molar refractivity (Wildman–Crippen MR) is 76.2 cm³/mol. The van der Waals surface area contributed by atoms with Crippen molar-refractivity contribution in [3.05, 3.63) is 52.0 Å². The van der Waals surface area contributed by atoms with Crippen LogP contribution in [0.15, 0.2) is 34.8 Å². The zero-order valence-corrected chi connectivity index (χ0v) is 13.1. The fourth-order valence-corrected chi connectivity index (χ4v) is 2.43. The average molecular weight is 389 g/mol. The maximum Gasteiger partial charge on any atom is 0.404 e. The highest BCUT2D eigenvalue weighted by Gasteiger charge is 2.37. The number of fused-ring (bicyclic) bond motifs is 1. The van der Waals surface area contributed by atoms with E-state index in [0.717, 1.165) is 19.1 Å². The molecule has 3 rings (SSSR count). The lowest BCUT2D eigenvalue weighted by molar-refractivity contribution is -0.173. The fourth-order valence-electron chi connectivity index (χ4n) is 2.02. The zero-order valence-electron chi connectivity index (χ0n) is 11.5. The predicted octanol–water partition coefficient (Wildman–Crippen LogP) is 4.36. The summed E-state index contributed by atoms with van der Waals surface area (Å²) in [5.41, 5.74) is -0.832. The molecule has 0 fully saturated rings. The van der Waals surface area contributed by atoms with Crippen LogP contribution in [0.1, 0.15) is 17.3 Å². The first-order chi connectivity index (χ1) is 10.7. The van der Waals surface area contributed by atoms with E-state index in [1.165, 1.54) is 18.2 Å². The Labute approximate surface area is 136 Å². The van der Waals surface area contributed by atoms with Crippen molar-refractivity contribution in [2.45, 2.75) is 13.0 Å². The molecule has 0 spiro atoms. The van der Waals surface area contributed by atoms with Crippen LogP contribution in [0.3, 0.4) is 0 Å². The Balaban J connectivity index is 1.85. The highest BCUT2D eigenvalue weighted by molar-refractivity contribution is 9.10. The van der Waals surface area contributed by atoms with Gasteiger partial charge in [0.15, 0.2) is 11.5 Å². The maximum absolute atomic E-state index is 13.7. The molecule has 0 saturated carbocycles. The van der Waals surface area contributed by atoms with Crippen LogP contribution in [0, 0.1) is 11.6 Å². The lowest BCUT2D eigenvalue weighted by Gasteiger charge is -2.10. The van der Waals surface area contributed by atoms with Gasteiger partial charge in [-0.1, -0.05) is 15.9 Å². The van der Waals surface area contributed by atoms with Crippen molar-refractivity contribution in [3.63, 3.8) is 0 Å². The van der Waals surface area contributed by atoms with E-state index in [9.17, 15) is 18.0 Å². The van der Waals surface area contributed by atoms with Gasteiger partial charge in [-0.05, 0) is 24.3 Å². The summed E-state index contributed by atoms with van der Waals surface area (Å²) in [7, 11) is 0. The first-order valence-electron chi connectivity index (χ1n) is 6.33. The second kappa shape index (κ2) is 5.45. The maximum atomic E-state index is 13.7. The summed E-state index contributed by atoms with van der Waals surface area (Å²) >= 11 is 2.91. The number of halogens is 4. The van der Waals surface area contributed by atoms with E-state index in [4.69, 9.17) is 14.2 Å². The summed E-state index contributed by atoms with van der Waals surface area (Å²) < 4.78 is 55.7. The second-order valence-corrected chi connectivity index (χ2v) is 5.70. The molecule has 1 aliphatic rings. The molecule has 0 radical (unpaired) electrons. The number of carbonyl (C=O) groups excluding carboxylic acids is 1. The van der Waals surface area contributed by atoms with Crippen molar-refractivity contribution in [2.75, 3.05) is 0 Å². The van der Waals surface area contributed by atoms with Gasteiger partial charge in [0.05, 0.1) is 0 Å². The molecular weight excluding hydrogens is 381 g/mol. The minimum atomic E-state index is -2.32. The molecule has 2 aromatic carbocycles. The highest BCUT2D eigenvalue weighted by atomic mass is 79.9. The molecule has 0 amide bonds. The van der Waals surface area contributed by atoms with Crippen LogP contribution >= 0.6 is 15.9 Å². The van der Waals surface area contributed by atoms with Gasteiger partial charge in [0.1, 0.15) is 22.9 Å². The number of hydrogen-bond acceptors (Lipinski definition) is 4. The second-order valence-electron chi connectivity index (χ2n) is 4.78. The summed E-state index contributed by atoms with van der Waals surface area (Å²) in [6, 6.07) is 3.34. The molecule has 1 atom stereocenters. The molecule has 1 aliphatic heterocycles. The van der Waals surface area contributed by atoms with Gasteiger partial charge in [0.2, 0.25) is 0 Å². The third-order valence-electron chi connectivity index (χ3n) is 2.92. The van der Waals surface area contributed by atoms with Crippen LogP contribution in [0.5, 0.6) is 17.2 Å². The number of ether oxygens (including phenoxy) is 3. The summed E-state index contributed by atoms with van der Waals surface area (Å²) in [5, 5.41) is 0. The van der Waals surface area contributed by atoms with Crippen LogP contribution in [0.25, 0.3) is 0 Å². The molecule has 8 heteroatoms. The zero-order chi connectivity index (χ0) is 16.8. The third-order valence-corrected chi connectivity index (χ3v) is 3.38. The molecule has 0 saturated heterocycles. The van der Waals surface area contributed by atoms with Gasteiger partial charge >= 0.3 is 12.0 Å².